The van der Waals surface area contributed by atoms with Crippen molar-refractivity contribution >= 4 is 21.9 Å². The van der Waals surface area contributed by atoms with Crippen molar-refractivity contribution in [3.63, 3.8) is 0 Å². The largest absolute Gasteiger partial charge is 0.478 e. The number of benzene rings is 2. The number of nitriles is 1. The van der Waals surface area contributed by atoms with Crippen LogP contribution < -0.4 is 4.74 Å². The molecule has 1 fully saturated rings. The predicted molar refractivity (Wildman–Crippen MR) is 123 cm³/mol. The molecule has 0 aliphatic carbocycles. The Morgan fingerprint density at radius 2 is 1.94 bits per heavy atom. The molecule has 33 heavy (non-hydrogen) atoms. The van der Waals surface area contributed by atoms with Gasteiger partial charge in [-0.2, -0.15) is 5.26 Å². The summed E-state index contributed by atoms with van der Waals surface area (Å²) in [6, 6.07) is 19.9. The minimum Gasteiger partial charge on any atom is -0.478 e. The first kappa shape index (κ1) is 22.9. The number of ether oxygens (including phenoxy) is 3. The lowest BCUT2D eigenvalue weighted by Crippen LogP contribution is -2.21. The summed E-state index contributed by atoms with van der Waals surface area (Å²) in [5.74, 6) is -2.07. The molecule has 0 amide bonds. The average Bonchev–Trinajstić information content (AvgIpc) is 3.17. The van der Waals surface area contributed by atoms with Gasteiger partial charge in [0.1, 0.15) is 17.7 Å². The number of aliphatic carboxylic acids is 1. The van der Waals surface area contributed by atoms with Gasteiger partial charge in [0.05, 0.1) is 12.3 Å². The molecular weight excluding hydrogens is 488 g/mol. The molecule has 2 aromatic carbocycles. The van der Waals surface area contributed by atoms with E-state index in [0.717, 1.165) is 10.0 Å². The van der Waals surface area contributed by atoms with Crippen molar-refractivity contribution in [1.82, 2.24) is 4.98 Å². The van der Waals surface area contributed by atoms with E-state index in [1.807, 2.05) is 24.3 Å². The SMILES string of the molecule is CC1(C)OCC(c2cc(-c3ccc(Br)cc3)nc(OC(C(=O)O)c3ccccc3)c2C#N)O1. The third-order valence-electron chi connectivity index (χ3n) is 5.18. The predicted octanol–water partition coefficient (Wildman–Crippen LogP) is 5.41. The van der Waals surface area contributed by atoms with E-state index in [1.165, 1.54) is 0 Å². The molecule has 1 aliphatic rings. The van der Waals surface area contributed by atoms with Crippen LogP contribution >= 0.6 is 15.9 Å². The van der Waals surface area contributed by atoms with Gasteiger partial charge in [-0.15, -0.1) is 0 Å². The van der Waals surface area contributed by atoms with Crippen molar-refractivity contribution in [1.29, 1.82) is 5.26 Å². The summed E-state index contributed by atoms with van der Waals surface area (Å²) in [7, 11) is 0. The van der Waals surface area contributed by atoms with Crippen LogP contribution in [0.5, 0.6) is 5.88 Å². The molecule has 1 aliphatic heterocycles. The summed E-state index contributed by atoms with van der Waals surface area (Å²) in [5.41, 5.74) is 2.39. The van der Waals surface area contributed by atoms with E-state index >= 15 is 0 Å². The van der Waals surface area contributed by atoms with E-state index in [4.69, 9.17) is 14.2 Å². The molecule has 3 aromatic rings. The number of carboxylic acids is 1. The third kappa shape index (κ3) is 5.06. The van der Waals surface area contributed by atoms with Gasteiger partial charge in [-0.1, -0.05) is 58.4 Å². The van der Waals surface area contributed by atoms with Crippen LogP contribution in [0.2, 0.25) is 0 Å². The number of carboxylic acid groups (broad SMARTS) is 1. The van der Waals surface area contributed by atoms with Crippen molar-refractivity contribution in [2.24, 2.45) is 0 Å². The topological polar surface area (TPSA) is 102 Å². The molecule has 2 heterocycles. The zero-order valence-electron chi connectivity index (χ0n) is 18.0. The number of rotatable bonds is 6. The number of aromatic nitrogens is 1. The highest BCUT2D eigenvalue weighted by Gasteiger charge is 2.36. The number of hydrogen-bond acceptors (Lipinski definition) is 6. The lowest BCUT2D eigenvalue weighted by Gasteiger charge is -2.21. The number of carbonyl (C=O) groups is 1. The van der Waals surface area contributed by atoms with Gasteiger partial charge in [-0.05, 0) is 32.0 Å². The first-order valence-electron chi connectivity index (χ1n) is 10.2. The zero-order valence-corrected chi connectivity index (χ0v) is 19.6. The van der Waals surface area contributed by atoms with Gasteiger partial charge < -0.3 is 19.3 Å². The van der Waals surface area contributed by atoms with Gasteiger partial charge >= 0.3 is 5.97 Å². The van der Waals surface area contributed by atoms with Crippen molar-refractivity contribution in [3.8, 4) is 23.2 Å². The molecule has 2 unspecified atom stereocenters. The second-order valence-electron chi connectivity index (χ2n) is 7.96. The van der Waals surface area contributed by atoms with E-state index in [9.17, 15) is 15.2 Å². The minimum atomic E-state index is -1.34. The first-order valence-corrected chi connectivity index (χ1v) is 11.0. The second-order valence-corrected chi connectivity index (χ2v) is 8.88. The Hall–Kier alpha value is -3.25. The smallest absolute Gasteiger partial charge is 0.349 e. The number of halogens is 1. The summed E-state index contributed by atoms with van der Waals surface area (Å²) in [4.78, 5) is 16.6. The maximum atomic E-state index is 12.0. The summed E-state index contributed by atoms with van der Waals surface area (Å²) in [6.45, 7) is 3.83. The second kappa shape index (κ2) is 9.32. The Kier molecular flexibility index (Phi) is 6.47. The molecule has 7 nitrogen and oxygen atoms in total. The fraction of sp³-hybridized carbons (Fsp3) is 0.240. The summed E-state index contributed by atoms with van der Waals surface area (Å²) in [5, 5.41) is 19.8. The maximum Gasteiger partial charge on any atom is 0.349 e. The minimum absolute atomic E-state index is 0.0718. The summed E-state index contributed by atoms with van der Waals surface area (Å²) in [6.07, 6.45) is -1.87. The monoisotopic (exact) mass is 508 g/mol. The van der Waals surface area contributed by atoms with Crippen molar-refractivity contribution < 1.29 is 24.1 Å². The lowest BCUT2D eigenvalue weighted by atomic mass is 10.0. The number of pyridine rings is 1. The molecule has 4 rings (SSSR count). The Morgan fingerprint density at radius 3 is 2.52 bits per heavy atom. The van der Waals surface area contributed by atoms with E-state index in [0.29, 0.717) is 16.8 Å². The van der Waals surface area contributed by atoms with Gasteiger partial charge in [0.2, 0.25) is 12.0 Å². The highest BCUT2D eigenvalue weighted by molar-refractivity contribution is 9.10. The zero-order chi connectivity index (χ0) is 23.6. The molecule has 0 radical (unpaired) electrons. The third-order valence-corrected chi connectivity index (χ3v) is 5.71. The van der Waals surface area contributed by atoms with Crippen LogP contribution in [0.3, 0.4) is 0 Å². The van der Waals surface area contributed by atoms with E-state index in [2.05, 4.69) is 27.0 Å². The van der Waals surface area contributed by atoms with Crippen LogP contribution in [0.4, 0.5) is 0 Å². The number of nitrogens with zero attached hydrogens (tertiary/aromatic N) is 2. The van der Waals surface area contributed by atoms with Gasteiger partial charge in [0.25, 0.3) is 0 Å². The lowest BCUT2D eigenvalue weighted by molar-refractivity contribution is -0.145. The molecule has 0 spiro atoms. The Balaban J connectivity index is 1.85. The standard InChI is InChI=1S/C25H21BrN2O5/c1-25(2)31-14-21(33-25)18-12-20(15-8-10-17(26)11-9-15)28-23(19(18)13-27)32-22(24(29)30)16-6-4-3-5-7-16/h3-12,21-22H,14H2,1-2H3,(H,29,30). The Labute approximate surface area is 199 Å². The summed E-state index contributed by atoms with van der Waals surface area (Å²) < 4.78 is 18.5. The van der Waals surface area contributed by atoms with E-state index in [1.54, 1.807) is 50.2 Å². The van der Waals surface area contributed by atoms with Crippen molar-refractivity contribution in [2.45, 2.75) is 31.8 Å². The molecule has 8 heteroatoms. The van der Waals surface area contributed by atoms with Crippen LogP contribution in [-0.2, 0) is 14.3 Å². The quantitative estimate of drug-likeness (QED) is 0.474. The van der Waals surface area contributed by atoms with Crippen molar-refractivity contribution in [3.05, 3.63) is 81.8 Å². The molecule has 1 N–H and O–H groups in total. The van der Waals surface area contributed by atoms with E-state index in [-0.39, 0.29) is 18.1 Å². The molecule has 1 aromatic heterocycles. The van der Waals surface area contributed by atoms with Gasteiger partial charge in [-0.25, -0.2) is 9.78 Å². The van der Waals surface area contributed by atoms with Crippen LogP contribution in [0.25, 0.3) is 11.3 Å². The maximum absolute atomic E-state index is 12.0. The van der Waals surface area contributed by atoms with Crippen molar-refractivity contribution in [2.75, 3.05) is 6.61 Å². The fourth-order valence-corrected chi connectivity index (χ4v) is 3.87. The Bertz CT molecular complexity index is 1210. The van der Waals surface area contributed by atoms with Gasteiger partial charge in [0.15, 0.2) is 5.79 Å². The molecule has 1 saturated heterocycles. The van der Waals surface area contributed by atoms with Crippen LogP contribution in [0.15, 0.2) is 65.1 Å². The molecule has 0 saturated carbocycles. The fourth-order valence-electron chi connectivity index (χ4n) is 3.60. The number of hydrogen-bond donors (Lipinski definition) is 1. The van der Waals surface area contributed by atoms with Crippen LogP contribution in [0.1, 0.15) is 42.7 Å². The Morgan fingerprint density at radius 1 is 1.24 bits per heavy atom. The van der Waals surface area contributed by atoms with Crippen LogP contribution in [0, 0.1) is 11.3 Å². The van der Waals surface area contributed by atoms with Gasteiger partial charge in [-0.3, -0.25) is 0 Å². The van der Waals surface area contributed by atoms with Gasteiger partial charge in [0, 0.05) is 21.2 Å². The highest BCUT2D eigenvalue weighted by Crippen LogP contribution is 2.39. The summed E-state index contributed by atoms with van der Waals surface area (Å²) >= 11 is 3.42. The highest BCUT2D eigenvalue weighted by atomic mass is 79.9. The normalized spacial score (nSPS) is 17.8. The average molecular weight is 509 g/mol. The molecular formula is C25H21BrN2O5. The van der Waals surface area contributed by atoms with Crippen LogP contribution in [-0.4, -0.2) is 28.5 Å². The molecule has 2 atom stereocenters. The molecule has 0 bridgehead atoms. The first-order chi connectivity index (χ1) is 15.8. The van der Waals surface area contributed by atoms with E-state index < -0.39 is 24.0 Å². The molecule has 168 valence electrons.